The molecule has 0 amide bonds. The highest BCUT2D eigenvalue weighted by Gasteiger charge is 2.32. The quantitative estimate of drug-likeness (QED) is 0.495. The lowest BCUT2D eigenvalue weighted by Crippen LogP contribution is -2.37. The standard InChI is InChI=1S/C16H19ClFIO2/c17-13-4-1-10(7-14(13)18)15-5-2-11(8-20-15)16-6-3-12(19)9-21-16/h1,4,7,11-12,15-16H,2-3,5-6,8-9H2. The second kappa shape index (κ2) is 7.11. The predicted molar refractivity (Wildman–Crippen MR) is 89.6 cm³/mol. The summed E-state index contributed by atoms with van der Waals surface area (Å²) in [5.41, 5.74) is 0.882. The summed E-state index contributed by atoms with van der Waals surface area (Å²) in [6.45, 7) is 1.55. The van der Waals surface area contributed by atoms with Gasteiger partial charge in [-0.1, -0.05) is 40.3 Å². The molecule has 0 radical (unpaired) electrons. The first-order valence-corrected chi connectivity index (χ1v) is 9.08. The zero-order valence-corrected chi connectivity index (χ0v) is 14.6. The first-order chi connectivity index (χ1) is 10.1. The average molecular weight is 425 g/mol. The largest absolute Gasteiger partial charge is 0.377 e. The third-order valence-electron chi connectivity index (χ3n) is 4.41. The fourth-order valence-corrected chi connectivity index (χ4v) is 3.84. The van der Waals surface area contributed by atoms with Crippen LogP contribution in [0.3, 0.4) is 0 Å². The molecule has 4 unspecified atom stereocenters. The molecule has 5 heteroatoms. The van der Waals surface area contributed by atoms with Gasteiger partial charge in [0.05, 0.1) is 30.4 Å². The predicted octanol–water partition coefficient (Wildman–Crippen LogP) is 4.93. The van der Waals surface area contributed by atoms with Crippen molar-refractivity contribution >= 4 is 34.2 Å². The molecule has 0 saturated carbocycles. The maximum absolute atomic E-state index is 13.5. The molecule has 2 aliphatic rings. The first kappa shape index (κ1) is 16.0. The summed E-state index contributed by atoms with van der Waals surface area (Å²) >= 11 is 8.17. The van der Waals surface area contributed by atoms with Crippen LogP contribution in [0.25, 0.3) is 0 Å². The van der Waals surface area contributed by atoms with Crippen molar-refractivity contribution in [3.05, 3.63) is 34.6 Å². The molecule has 4 atom stereocenters. The normalized spacial score (nSPS) is 33.9. The Morgan fingerprint density at radius 3 is 2.57 bits per heavy atom. The van der Waals surface area contributed by atoms with Crippen LogP contribution in [-0.2, 0) is 9.47 Å². The van der Waals surface area contributed by atoms with E-state index in [2.05, 4.69) is 22.6 Å². The van der Waals surface area contributed by atoms with Crippen molar-refractivity contribution in [3.8, 4) is 0 Å². The van der Waals surface area contributed by atoms with Gasteiger partial charge in [0.2, 0.25) is 0 Å². The Morgan fingerprint density at radius 2 is 1.95 bits per heavy atom. The fourth-order valence-electron chi connectivity index (χ4n) is 3.15. The number of halogens is 3. The van der Waals surface area contributed by atoms with Crippen LogP contribution in [-0.4, -0.2) is 23.2 Å². The Hall–Kier alpha value is 0.0900. The molecule has 2 saturated heterocycles. The summed E-state index contributed by atoms with van der Waals surface area (Å²) in [6, 6.07) is 4.95. The zero-order valence-electron chi connectivity index (χ0n) is 11.7. The molecule has 0 N–H and O–H groups in total. The second-order valence-electron chi connectivity index (χ2n) is 5.88. The van der Waals surface area contributed by atoms with Gasteiger partial charge in [0.15, 0.2) is 0 Å². The van der Waals surface area contributed by atoms with Crippen LogP contribution in [0.5, 0.6) is 0 Å². The van der Waals surface area contributed by atoms with Crippen molar-refractivity contribution in [3.63, 3.8) is 0 Å². The van der Waals surface area contributed by atoms with Gasteiger partial charge in [-0.25, -0.2) is 4.39 Å². The molecule has 1 aromatic rings. The number of rotatable bonds is 2. The van der Waals surface area contributed by atoms with E-state index in [1.807, 2.05) is 6.07 Å². The van der Waals surface area contributed by atoms with Crippen molar-refractivity contribution in [2.75, 3.05) is 13.2 Å². The van der Waals surface area contributed by atoms with Crippen LogP contribution in [0.4, 0.5) is 4.39 Å². The molecule has 0 aromatic heterocycles. The molecule has 2 heterocycles. The highest BCUT2D eigenvalue weighted by Crippen LogP contribution is 2.36. The zero-order chi connectivity index (χ0) is 14.8. The second-order valence-corrected chi connectivity index (χ2v) is 8.05. The molecular formula is C16H19ClFIO2. The van der Waals surface area contributed by atoms with Gasteiger partial charge in [0, 0.05) is 9.84 Å². The fraction of sp³-hybridized carbons (Fsp3) is 0.625. The average Bonchev–Trinajstić information content (AvgIpc) is 2.51. The Labute approximate surface area is 143 Å². The van der Waals surface area contributed by atoms with Crippen molar-refractivity contribution in [2.24, 2.45) is 5.92 Å². The van der Waals surface area contributed by atoms with E-state index in [9.17, 15) is 4.39 Å². The summed E-state index contributed by atoms with van der Waals surface area (Å²) in [7, 11) is 0. The van der Waals surface area contributed by atoms with E-state index in [-0.39, 0.29) is 16.9 Å². The summed E-state index contributed by atoms with van der Waals surface area (Å²) in [6.07, 6.45) is 4.66. The van der Waals surface area contributed by atoms with E-state index < -0.39 is 0 Å². The first-order valence-electron chi connectivity index (χ1n) is 7.45. The van der Waals surface area contributed by atoms with E-state index >= 15 is 0 Å². The smallest absolute Gasteiger partial charge is 0.142 e. The summed E-state index contributed by atoms with van der Waals surface area (Å²) < 4.78 is 26.1. The third-order valence-corrected chi connectivity index (χ3v) is 5.70. The van der Waals surface area contributed by atoms with Gasteiger partial charge >= 0.3 is 0 Å². The molecule has 0 bridgehead atoms. The van der Waals surface area contributed by atoms with Crippen LogP contribution in [0.2, 0.25) is 5.02 Å². The molecule has 3 rings (SSSR count). The maximum atomic E-state index is 13.5. The lowest BCUT2D eigenvalue weighted by molar-refractivity contribution is -0.0897. The van der Waals surface area contributed by atoms with Crippen molar-refractivity contribution in [1.82, 2.24) is 0 Å². The molecule has 0 spiro atoms. The topological polar surface area (TPSA) is 18.5 Å². The summed E-state index contributed by atoms with van der Waals surface area (Å²) in [5.74, 6) is 0.103. The van der Waals surface area contributed by atoms with Crippen LogP contribution < -0.4 is 0 Å². The third kappa shape index (κ3) is 3.89. The van der Waals surface area contributed by atoms with E-state index in [4.69, 9.17) is 21.1 Å². The molecule has 0 aliphatic carbocycles. The Morgan fingerprint density at radius 1 is 1.10 bits per heavy atom. The van der Waals surface area contributed by atoms with E-state index in [1.54, 1.807) is 6.07 Å². The van der Waals surface area contributed by atoms with Crippen molar-refractivity contribution < 1.29 is 13.9 Å². The number of alkyl halides is 1. The molecule has 116 valence electrons. The maximum Gasteiger partial charge on any atom is 0.142 e. The van der Waals surface area contributed by atoms with E-state index in [0.29, 0.717) is 22.6 Å². The van der Waals surface area contributed by atoms with Gasteiger partial charge in [0.25, 0.3) is 0 Å². The van der Waals surface area contributed by atoms with Gasteiger partial charge in [-0.05, 0) is 43.4 Å². The van der Waals surface area contributed by atoms with E-state index in [0.717, 1.165) is 31.4 Å². The minimum Gasteiger partial charge on any atom is -0.377 e. The van der Waals surface area contributed by atoms with Crippen molar-refractivity contribution in [2.45, 2.75) is 41.8 Å². The molecule has 21 heavy (non-hydrogen) atoms. The highest BCUT2D eigenvalue weighted by molar-refractivity contribution is 14.1. The van der Waals surface area contributed by atoms with Gasteiger partial charge < -0.3 is 9.47 Å². The SMILES string of the molecule is Fc1cc(C2CCC(C3CCC(I)CO3)CO2)ccc1Cl. The number of hydrogen-bond acceptors (Lipinski definition) is 2. The highest BCUT2D eigenvalue weighted by atomic mass is 127. The minimum atomic E-state index is -0.372. The van der Waals surface area contributed by atoms with Gasteiger partial charge in [-0.3, -0.25) is 0 Å². The Kier molecular flexibility index (Phi) is 5.41. The molecular weight excluding hydrogens is 406 g/mol. The summed E-state index contributed by atoms with van der Waals surface area (Å²) in [5, 5.41) is 0.163. The lowest BCUT2D eigenvalue weighted by atomic mass is 9.88. The van der Waals surface area contributed by atoms with Gasteiger partial charge in [0.1, 0.15) is 5.82 Å². The number of ether oxygens (including phenoxy) is 2. The van der Waals surface area contributed by atoms with E-state index in [1.165, 1.54) is 12.5 Å². The van der Waals surface area contributed by atoms with Crippen LogP contribution >= 0.6 is 34.2 Å². The van der Waals surface area contributed by atoms with Crippen LogP contribution in [0, 0.1) is 11.7 Å². The van der Waals surface area contributed by atoms with Crippen LogP contribution in [0.15, 0.2) is 18.2 Å². The van der Waals surface area contributed by atoms with Crippen LogP contribution in [0.1, 0.15) is 37.4 Å². The van der Waals surface area contributed by atoms with Crippen molar-refractivity contribution in [1.29, 1.82) is 0 Å². The monoisotopic (exact) mass is 424 g/mol. The molecule has 2 fully saturated rings. The van der Waals surface area contributed by atoms with Gasteiger partial charge in [-0.15, -0.1) is 0 Å². The minimum absolute atomic E-state index is 0.0195. The Bertz CT molecular complexity index is 483. The van der Waals surface area contributed by atoms with Gasteiger partial charge in [-0.2, -0.15) is 0 Å². The molecule has 2 aliphatic heterocycles. The Balaban J connectivity index is 1.56. The number of hydrogen-bond donors (Lipinski definition) is 0. The number of benzene rings is 1. The molecule has 1 aromatic carbocycles. The molecule has 2 nitrogen and oxygen atoms in total. The summed E-state index contributed by atoms with van der Waals surface area (Å²) in [4.78, 5) is 0. The lowest BCUT2D eigenvalue weighted by Gasteiger charge is -2.37.